The van der Waals surface area contributed by atoms with Gasteiger partial charge in [-0.1, -0.05) is 6.92 Å². The standard InChI is InChI=1S/C16H31NO4/c1-7-16(20-11-10-19-13(2)3)8-9-17(12-16)14(18)21-15(4,5)6/h13H,7-12H2,1-6H3. The molecule has 0 aromatic carbocycles. The third-order valence-corrected chi connectivity index (χ3v) is 3.56. The lowest BCUT2D eigenvalue weighted by Crippen LogP contribution is -2.40. The first kappa shape index (κ1) is 18.2. The molecule has 1 unspecified atom stereocenters. The van der Waals surface area contributed by atoms with E-state index in [1.54, 1.807) is 4.90 Å². The highest BCUT2D eigenvalue weighted by Gasteiger charge is 2.40. The Bertz CT molecular complexity index is 338. The van der Waals surface area contributed by atoms with Crippen molar-refractivity contribution in [2.75, 3.05) is 26.3 Å². The fourth-order valence-electron chi connectivity index (χ4n) is 2.38. The molecule has 0 radical (unpaired) electrons. The van der Waals surface area contributed by atoms with Gasteiger partial charge in [-0.25, -0.2) is 4.79 Å². The van der Waals surface area contributed by atoms with Crippen molar-refractivity contribution in [1.82, 2.24) is 4.90 Å². The van der Waals surface area contributed by atoms with Gasteiger partial charge in [0.25, 0.3) is 0 Å². The zero-order valence-corrected chi connectivity index (χ0v) is 14.4. The van der Waals surface area contributed by atoms with Gasteiger partial charge in [-0.05, 0) is 47.5 Å². The third kappa shape index (κ3) is 6.22. The van der Waals surface area contributed by atoms with E-state index in [0.29, 0.717) is 26.3 Å². The van der Waals surface area contributed by atoms with Gasteiger partial charge < -0.3 is 19.1 Å². The zero-order chi connectivity index (χ0) is 16.1. The Morgan fingerprint density at radius 3 is 2.48 bits per heavy atom. The van der Waals surface area contributed by atoms with Gasteiger partial charge >= 0.3 is 6.09 Å². The normalized spacial score (nSPS) is 22.9. The van der Waals surface area contributed by atoms with Gasteiger partial charge in [0.2, 0.25) is 0 Å². The van der Waals surface area contributed by atoms with Crippen molar-refractivity contribution in [2.45, 2.75) is 71.7 Å². The van der Waals surface area contributed by atoms with E-state index in [1.807, 2.05) is 34.6 Å². The Labute approximate surface area is 128 Å². The van der Waals surface area contributed by atoms with E-state index in [2.05, 4.69) is 6.92 Å². The quantitative estimate of drug-likeness (QED) is 0.707. The molecule has 5 heteroatoms. The van der Waals surface area contributed by atoms with Crippen LogP contribution in [0.3, 0.4) is 0 Å². The van der Waals surface area contributed by atoms with Gasteiger partial charge in [0, 0.05) is 6.54 Å². The molecule has 0 aromatic heterocycles. The van der Waals surface area contributed by atoms with E-state index in [1.165, 1.54) is 0 Å². The number of nitrogens with zero attached hydrogens (tertiary/aromatic N) is 1. The summed E-state index contributed by atoms with van der Waals surface area (Å²) in [6, 6.07) is 0. The van der Waals surface area contributed by atoms with Crippen LogP contribution >= 0.6 is 0 Å². The molecule has 0 N–H and O–H groups in total. The van der Waals surface area contributed by atoms with Crippen LogP contribution in [-0.2, 0) is 14.2 Å². The first-order valence-electron chi connectivity index (χ1n) is 7.91. The SMILES string of the molecule is CCC1(OCCOC(C)C)CCN(C(=O)OC(C)(C)C)C1. The number of carbonyl (C=O) groups excluding carboxylic acids is 1. The van der Waals surface area contributed by atoms with Crippen molar-refractivity contribution < 1.29 is 19.0 Å². The number of hydrogen-bond donors (Lipinski definition) is 0. The van der Waals surface area contributed by atoms with Crippen molar-refractivity contribution >= 4 is 6.09 Å². The minimum atomic E-state index is -0.458. The van der Waals surface area contributed by atoms with Crippen molar-refractivity contribution in [3.05, 3.63) is 0 Å². The molecule has 5 nitrogen and oxygen atoms in total. The molecule has 0 aliphatic carbocycles. The van der Waals surface area contributed by atoms with Crippen LogP contribution in [0, 0.1) is 0 Å². The molecular weight excluding hydrogens is 270 g/mol. The van der Waals surface area contributed by atoms with Crippen molar-refractivity contribution in [3.8, 4) is 0 Å². The van der Waals surface area contributed by atoms with E-state index in [-0.39, 0.29) is 17.8 Å². The van der Waals surface area contributed by atoms with Crippen molar-refractivity contribution in [2.24, 2.45) is 0 Å². The van der Waals surface area contributed by atoms with Crippen LogP contribution in [0.15, 0.2) is 0 Å². The molecular formula is C16H31NO4. The van der Waals surface area contributed by atoms with E-state index >= 15 is 0 Å². The second-order valence-corrected chi connectivity index (χ2v) is 6.96. The average molecular weight is 301 g/mol. The number of ether oxygens (including phenoxy) is 3. The first-order valence-corrected chi connectivity index (χ1v) is 7.91. The number of amides is 1. The van der Waals surface area contributed by atoms with Crippen LogP contribution in [0.25, 0.3) is 0 Å². The largest absolute Gasteiger partial charge is 0.444 e. The molecule has 1 fully saturated rings. The predicted molar refractivity (Wildman–Crippen MR) is 82.5 cm³/mol. The predicted octanol–water partition coefficient (Wildman–Crippen LogP) is 3.22. The fraction of sp³-hybridized carbons (Fsp3) is 0.938. The highest BCUT2D eigenvalue weighted by atomic mass is 16.6. The second-order valence-electron chi connectivity index (χ2n) is 6.96. The van der Waals surface area contributed by atoms with Gasteiger partial charge in [-0.2, -0.15) is 0 Å². The highest BCUT2D eigenvalue weighted by Crippen LogP contribution is 2.29. The summed E-state index contributed by atoms with van der Waals surface area (Å²) >= 11 is 0. The number of rotatable bonds is 6. The summed E-state index contributed by atoms with van der Waals surface area (Å²) in [7, 11) is 0. The summed E-state index contributed by atoms with van der Waals surface area (Å²) in [6.07, 6.45) is 1.70. The topological polar surface area (TPSA) is 48.0 Å². The van der Waals surface area contributed by atoms with E-state index < -0.39 is 5.60 Å². The van der Waals surface area contributed by atoms with Crippen LogP contribution in [0.1, 0.15) is 54.4 Å². The van der Waals surface area contributed by atoms with Gasteiger partial charge in [-0.15, -0.1) is 0 Å². The Kier molecular flexibility index (Phi) is 6.47. The molecule has 1 aliphatic rings. The summed E-state index contributed by atoms with van der Waals surface area (Å²) in [4.78, 5) is 13.9. The molecule has 124 valence electrons. The Balaban J connectivity index is 2.46. The minimum absolute atomic E-state index is 0.216. The fourth-order valence-corrected chi connectivity index (χ4v) is 2.38. The van der Waals surface area contributed by atoms with Crippen LogP contribution in [0.5, 0.6) is 0 Å². The summed E-state index contributed by atoms with van der Waals surface area (Å²) in [5.74, 6) is 0. The van der Waals surface area contributed by atoms with E-state index in [0.717, 1.165) is 12.8 Å². The van der Waals surface area contributed by atoms with Crippen LogP contribution in [0.4, 0.5) is 4.79 Å². The summed E-state index contributed by atoms with van der Waals surface area (Å²) < 4.78 is 17.0. The van der Waals surface area contributed by atoms with Gasteiger partial charge in [-0.3, -0.25) is 0 Å². The molecule has 0 bridgehead atoms. The molecule has 1 amide bonds. The number of carbonyl (C=O) groups is 1. The maximum atomic E-state index is 12.1. The first-order chi connectivity index (χ1) is 9.67. The van der Waals surface area contributed by atoms with E-state index in [9.17, 15) is 4.79 Å². The third-order valence-electron chi connectivity index (χ3n) is 3.56. The number of hydrogen-bond acceptors (Lipinski definition) is 4. The lowest BCUT2D eigenvalue weighted by atomic mass is 10.00. The highest BCUT2D eigenvalue weighted by molar-refractivity contribution is 5.68. The van der Waals surface area contributed by atoms with Gasteiger partial charge in [0.15, 0.2) is 0 Å². The van der Waals surface area contributed by atoms with Crippen LogP contribution in [0.2, 0.25) is 0 Å². The zero-order valence-electron chi connectivity index (χ0n) is 14.4. The Hall–Kier alpha value is -0.810. The molecule has 1 heterocycles. The maximum absolute atomic E-state index is 12.1. The molecule has 1 aliphatic heterocycles. The van der Waals surface area contributed by atoms with Crippen molar-refractivity contribution in [1.29, 1.82) is 0 Å². The molecule has 21 heavy (non-hydrogen) atoms. The van der Waals surface area contributed by atoms with Crippen LogP contribution < -0.4 is 0 Å². The lowest BCUT2D eigenvalue weighted by Gasteiger charge is -2.29. The molecule has 0 saturated carbocycles. The van der Waals surface area contributed by atoms with Crippen LogP contribution in [-0.4, -0.2) is 54.6 Å². The average Bonchev–Trinajstić information content (AvgIpc) is 2.78. The molecule has 1 rings (SSSR count). The lowest BCUT2D eigenvalue weighted by molar-refractivity contribution is -0.0710. The second kappa shape index (κ2) is 7.45. The van der Waals surface area contributed by atoms with Crippen molar-refractivity contribution in [3.63, 3.8) is 0 Å². The van der Waals surface area contributed by atoms with E-state index in [4.69, 9.17) is 14.2 Å². The molecule has 1 saturated heterocycles. The summed E-state index contributed by atoms with van der Waals surface area (Å²) in [6.45, 7) is 14.2. The van der Waals surface area contributed by atoms with Gasteiger partial charge in [0.1, 0.15) is 5.60 Å². The summed E-state index contributed by atoms with van der Waals surface area (Å²) in [5.41, 5.74) is -0.711. The summed E-state index contributed by atoms with van der Waals surface area (Å²) in [5, 5.41) is 0. The number of likely N-dealkylation sites (tertiary alicyclic amines) is 1. The monoisotopic (exact) mass is 301 g/mol. The van der Waals surface area contributed by atoms with Gasteiger partial charge in [0.05, 0.1) is 31.5 Å². The minimum Gasteiger partial charge on any atom is -0.444 e. The Morgan fingerprint density at radius 1 is 1.29 bits per heavy atom. The Morgan fingerprint density at radius 2 is 1.95 bits per heavy atom. The molecule has 1 atom stereocenters. The molecule has 0 spiro atoms. The molecule has 0 aromatic rings. The smallest absolute Gasteiger partial charge is 0.410 e. The maximum Gasteiger partial charge on any atom is 0.410 e.